The number of ether oxygens (including phenoxy) is 5. The van der Waals surface area contributed by atoms with Crippen LogP contribution in [0.2, 0.25) is 0 Å². The van der Waals surface area contributed by atoms with Gasteiger partial charge < -0.3 is 23.7 Å². The average molecular weight is 362 g/mol. The second-order valence-electron chi connectivity index (χ2n) is 8.00. The molecule has 1 saturated carbocycles. The molecule has 3 aliphatic rings. The van der Waals surface area contributed by atoms with Crippen molar-refractivity contribution in [2.75, 3.05) is 6.61 Å². The second kappa shape index (κ2) is 7.95. The monoisotopic (exact) mass is 362 g/mol. The van der Waals surface area contributed by atoms with Gasteiger partial charge in [0.1, 0.15) is 18.3 Å². The molecule has 0 bridgehead atoms. The maximum absolute atomic E-state index is 6.33. The Labute approximate surface area is 155 Å². The molecule has 2 saturated heterocycles. The van der Waals surface area contributed by atoms with Crippen molar-refractivity contribution in [1.82, 2.24) is 0 Å². The number of hydrogen-bond acceptors (Lipinski definition) is 5. The van der Waals surface area contributed by atoms with Crippen LogP contribution in [0.1, 0.15) is 51.5 Å². The lowest BCUT2D eigenvalue weighted by Crippen LogP contribution is -2.54. The number of hydrogen-bond donors (Lipinski definition) is 0. The van der Waals surface area contributed by atoms with E-state index in [1.807, 2.05) is 32.0 Å². The molecule has 1 aliphatic carbocycles. The first-order valence-corrected chi connectivity index (χ1v) is 9.89. The SMILES string of the molecule is CC1(C)O[C@H]2[C@H](OCc3ccccc3)[C@@H](OC3CCCCC3)OC[C@H]2O1. The molecule has 1 aromatic rings. The van der Waals surface area contributed by atoms with Gasteiger partial charge in [0, 0.05) is 0 Å². The Morgan fingerprint density at radius 3 is 2.58 bits per heavy atom. The number of benzene rings is 1. The third-order valence-electron chi connectivity index (χ3n) is 5.40. The lowest BCUT2D eigenvalue weighted by molar-refractivity contribution is -0.281. The first kappa shape index (κ1) is 18.4. The van der Waals surface area contributed by atoms with Crippen molar-refractivity contribution in [3.8, 4) is 0 Å². The zero-order chi connectivity index (χ0) is 18.0. The highest BCUT2D eigenvalue weighted by atomic mass is 16.8. The summed E-state index contributed by atoms with van der Waals surface area (Å²) < 4.78 is 30.8. The first-order chi connectivity index (χ1) is 12.6. The van der Waals surface area contributed by atoms with Gasteiger partial charge in [0.05, 0.1) is 19.3 Å². The zero-order valence-corrected chi connectivity index (χ0v) is 15.8. The lowest BCUT2D eigenvalue weighted by atomic mass is 9.97. The summed E-state index contributed by atoms with van der Waals surface area (Å²) >= 11 is 0. The quantitative estimate of drug-likeness (QED) is 0.797. The van der Waals surface area contributed by atoms with Crippen LogP contribution in [0.25, 0.3) is 0 Å². The fourth-order valence-corrected chi connectivity index (χ4v) is 4.16. The molecule has 0 aromatic heterocycles. The zero-order valence-electron chi connectivity index (χ0n) is 15.8. The van der Waals surface area contributed by atoms with Gasteiger partial charge in [-0.3, -0.25) is 0 Å². The molecule has 5 heteroatoms. The van der Waals surface area contributed by atoms with Crippen LogP contribution in [0.15, 0.2) is 30.3 Å². The maximum atomic E-state index is 6.33. The molecular formula is C21H30O5. The van der Waals surface area contributed by atoms with Crippen LogP contribution in [-0.2, 0) is 30.3 Å². The summed E-state index contributed by atoms with van der Waals surface area (Å²) in [5.41, 5.74) is 1.13. The molecule has 1 aromatic carbocycles. The van der Waals surface area contributed by atoms with Gasteiger partial charge in [0.25, 0.3) is 0 Å². The summed E-state index contributed by atoms with van der Waals surface area (Å²) in [6, 6.07) is 10.2. The number of rotatable bonds is 5. The predicted octanol–water partition coefficient (Wildman–Crippen LogP) is 3.80. The van der Waals surface area contributed by atoms with Gasteiger partial charge in [0.2, 0.25) is 0 Å². The van der Waals surface area contributed by atoms with Crippen molar-refractivity contribution < 1.29 is 23.7 Å². The van der Waals surface area contributed by atoms with Gasteiger partial charge in [-0.1, -0.05) is 49.6 Å². The molecule has 0 unspecified atom stereocenters. The highest BCUT2D eigenvalue weighted by molar-refractivity contribution is 5.13. The average Bonchev–Trinajstić information content (AvgIpc) is 2.97. The largest absolute Gasteiger partial charge is 0.365 e. The van der Waals surface area contributed by atoms with E-state index < -0.39 is 12.1 Å². The molecule has 0 amide bonds. The Kier molecular flexibility index (Phi) is 5.62. The van der Waals surface area contributed by atoms with Crippen LogP contribution >= 0.6 is 0 Å². The lowest BCUT2D eigenvalue weighted by Gasteiger charge is -2.39. The van der Waals surface area contributed by atoms with Crippen LogP contribution in [0.4, 0.5) is 0 Å². The van der Waals surface area contributed by atoms with Crippen LogP contribution in [0, 0.1) is 0 Å². The molecule has 2 heterocycles. The molecular weight excluding hydrogens is 332 g/mol. The molecule has 4 atom stereocenters. The molecule has 5 nitrogen and oxygen atoms in total. The summed E-state index contributed by atoms with van der Waals surface area (Å²) in [5, 5.41) is 0. The summed E-state index contributed by atoms with van der Waals surface area (Å²) in [7, 11) is 0. The van der Waals surface area contributed by atoms with Crippen molar-refractivity contribution in [3.05, 3.63) is 35.9 Å². The molecule has 4 rings (SSSR count). The normalized spacial score (nSPS) is 34.5. The smallest absolute Gasteiger partial charge is 0.186 e. The van der Waals surface area contributed by atoms with E-state index in [2.05, 4.69) is 12.1 Å². The van der Waals surface area contributed by atoms with E-state index in [1.54, 1.807) is 0 Å². The molecule has 0 radical (unpaired) electrons. The summed E-state index contributed by atoms with van der Waals surface area (Å²) in [6.45, 7) is 4.87. The van der Waals surface area contributed by atoms with Gasteiger partial charge in [-0.15, -0.1) is 0 Å². The van der Waals surface area contributed by atoms with E-state index in [0.717, 1.165) is 18.4 Å². The van der Waals surface area contributed by atoms with Crippen molar-refractivity contribution in [2.24, 2.45) is 0 Å². The highest BCUT2D eigenvalue weighted by Crippen LogP contribution is 2.37. The first-order valence-electron chi connectivity index (χ1n) is 9.89. The van der Waals surface area contributed by atoms with Gasteiger partial charge >= 0.3 is 0 Å². The van der Waals surface area contributed by atoms with E-state index in [0.29, 0.717) is 13.2 Å². The summed E-state index contributed by atoms with van der Waals surface area (Å²) in [6.07, 6.45) is 5.23. The Morgan fingerprint density at radius 1 is 1.04 bits per heavy atom. The van der Waals surface area contributed by atoms with Crippen molar-refractivity contribution in [3.63, 3.8) is 0 Å². The molecule has 0 spiro atoms. The topological polar surface area (TPSA) is 46.2 Å². The van der Waals surface area contributed by atoms with Crippen LogP contribution in [0.5, 0.6) is 0 Å². The number of fused-ring (bicyclic) bond motifs is 1. The van der Waals surface area contributed by atoms with Gasteiger partial charge in [0.15, 0.2) is 12.1 Å². The summed E-state index contributed by atoms with van der Waals surface area (Å²) in [4.78, 5) is 0. The van der Waals surface area contributed by atoms with Crippen LogP contribution in [-0.4, -0.2) is 43.1 Å². The predicted molar refractivity (Wildman–Crippen MR) is 96.5 cm³/mol. The van der Waals surface area contributed by atoms with Crippen molar-refractivity contribution >= 4 is 0 Å². The minimum absolute atomic E-state index is 0.114. The highest BCUT2D eigenvalue weighted by Gasteiger charge is 2.52. The van der Waals surface area contributed by atoms with Gasteiger partial charge in [-0.25, -0.2) is 0 Å². The second-order valence-corrected chi connectivity index (χ2v) is 8.00. The van der Waals surface area contributed by atoms with E-state index in [1.165, 1.54) is 19.3 Å². The minimum atomic E-state index is -0.618. The Hall–Kier alpha value is -0.980. The molecule has 144 valence electrons. The molecule has 0 N–H and O–H groups in total. The minimum Gasteiger partial charge on any atom is -0.365 e. The molecule has 2 aliphatic heterocycles. The fourth-order valence-electron chi connectivity index (χ4n) is 4.16. The molecule has 3 fully saturated rings. The van der Waals surface area contributed by atoms with Crippen molar-refractivity contribution in [2.45, 2.75) is 89.1 Å². The standard InChI is InChI=1S/C21H30O5/c1-21(2)25-17-14-23-20(24-16-11-7-4-8-12-16)19(18(17)26-21)22-13-15-9-5-3-6-10-15/h3,5-6,9-10,16-20H,4,7-8,11-14H2,1-2H3/t17-,18-,19+,20-/m1/s1. The van der Waals surface area contributed by atoms with Crippen molar-refractivity contribution in [1.29, 1.82) is 0 Å². The van der Waals surface area contributed by atoms with E-state index in [-0.39, 0.29) is 24.4 Å². The third kappa shape index (κ3) is 4.29. The fraction of sp³-hybridized carbons (Fsp3) is 0.714. The van der Waals surface area contributed by atoms with Gasteiger partial charge in [-0.05, 0) is 32.3 Å². The Bertz CT molecular complexity index is 569. The third-order valence-corrected chi connectivity index (χ3v) is 5.40. The Balaban J connectivity index is 1.46. The molecule has 26 heavy (non-hydrogen) atoms. The van der Waals surface area contributed by atoms with Gasteiger partial charge in [-0.2, -0.15) is 0 Å². The van der Waals surface area contributed by atoms with E-state index in [9.17, 15) is 0 Å². The van der Waals surface area contributed by atoms with E-state index >= 15 is 0 Å². The Morgan fingerprint density at radius 2 is 1.81 bits per heavy atom. The van der Waals surface area contributed by atoms with E-state index in [4.69, 9.17) is 23.7 Å². The van der Waals surface area contributed by atoms with Crippen LogP contribution in [0.3, 0.4) is 0 Å². The maximum Gasteiger partial charge on any atom is 0.186 e. The summed E-state index contributed by atoms with van der Waals surface area (Å²) in [5.74, 6) is -0.618. The van der Waals surface area contributed by atoms with Crippen LogP contribution < -0.4 is 0 Å².